The molecule has 2 N–H and O–H groups in total. The number of rotatable bonds is 4. The Kier molecular flexibility index (Phi) is 4.35. The Labute approximate surface area is 112 Å². The van der Waals surface area contributed by atoms with Crippen molar-refractivity contribution in [1.29, 1.82) is 0 Å². The van der Waals surface area contributed by atoms with Gasteiger partial charge in [0.05, 0.1) is 30.8 Å². The van der Waals surface area contributed by atoms with Gasteiger partial charge in [-0.15, -0.1) is 0 Å². The second-order valence-corrected chi connectivity index (χ2v) is 6.04. The normalized spacial score (nSPS) is 21.3. The summed E-state index contributed by atoms with van der Waals surface area (Å²) < 4.78 is 31.5. The van der Waals surface area contributed by atoms with Gasteiger partial charge in [0.15, 0.2) is 0 Å². The predicted octanol–water partition coefficient (Wildman–Crippen LogP) is -0.495. The molecule has 0 spiro atoms. The van der Waals surface area contributed by atoms with Gasteiger partial charge >= 0.3 is 0 Å². The van der Waals surface area contributed by atoms with E-state index in [2.05, 4.69) is 10.3 Å². The second kappa shape index (κ2) is 5.83. The lowest BCUT2D eigenvalue weighted by Crippen LogP contribution is -2.50. The summed E-state index contributed by atoms with van der Waals surface area (Å²) in [5.74, 6) is 0.481. The average molecular weight is 287 g/mol. The van der Waals surface area contributed by atoms with Crippen molar-refractivity contribution in [3.63, 3.8) is 0 Å². The number of sulfonamides is 1. The van der Waals surface area contributed by atoms with Crippen LogP contribution in [0.15, 0.2) is 23.2 Å². The lowest BCUT2D eigenvalue weighted by molar-refractivity contribution is 0.0109. The van der Waals surface area contributed by atoms with Gasteiger partial charge in [0, 0.05) is 25.9 Å². The van der Waals surface area contributed by atoms with E-state index in [-0.39, 0.29) is 24.7 Å². The molecule has 0 bridgehead atoms. The topological polar surface area (TPSA) is 91.8 Å². The van der Waals surface area contributed by atoms with E-state index < -0.39 is 16.1 Å². The van der Waals surface area contributed by atoms with Crippen molar-refractivity contribution >= 4 is 15.8 Å². The summed E-state index contributed by atoms with van der Waals surface area (Å²) in [6.07, 6.45) is 1.44. The summed E-state index contributed by atoms with van der Waals surface area (Å²) in [6, 6.07) is 2.38. The third kappa shape index (κ3) is 2.86. The van der Waals surface area contributed by atoms with Gasteiger partial charge in [-0.1, -0.05) is 0 Å². The quantitative estimate of drug-likeness (QED) is 0.776. The molecule has 7 nitrogen and oxygen atoms in total. The number of hydrogen-bond acceptors (Lipinski definition) is 6. The molecule has 2 rings (SSSR count). The summed E-state index contributed by atoms with van der Waals surface area (Å²) in [5.41, 5.74) is 0. The Balaban J connectivity index is 2.34. The van der Waals surface area contributed by atoms with Crippen LogP contribution in [0.2, 0.25) is 0 Å². The summed E-state index contributed by atoms with van der Waals surface area (Å²) in [7, 11) is -1.97. The molecule has 106 valence electrons. The first-order chi connectivity index (χ1) is 9.09. The Hall–Kier alpha value is -1.22. The lowest BCUT2D eigenvalue weighted by Gasteiger charge is -2.33. The highest BCUT2D eigenvalue weighted by Gasteiger charge is 2.33. The minimum Gasteiger partial charge on any atom is -0.395 e. The number of aliphatic hydroxyl groups is 1. The van der Waals surface area contributed by atoms with E-state index in [1.54, 1.807) is 7.05 Å². The third-order valence-corrected chi connectivity index (χ3v) is 4.93. The summed E-state index contributed by atoms with van der Waals surface area (Å²) >= 11 is 0. The van der Waals surface area contributed by atoms with Crippen molar-refractivity contribution in [3.8, 4) is 0 Å². The largest absolute Gasteiger partial charge is 0.395 e. The number of aromatic nitrogens is 1. The van der Waals surface area contributed by atoms with Crippen LogP contribution >= 0.6 is 0 Å². The van der Waals surface area contributed by atoms with Gasteiger partial charge in [-0.3, -0.25) is 0 Å². The van der Waals surface area contributed by atoms with E-state index in [0.717, 1.165) is 0 Å². The van der Waals surface area contributed by atoms with Gasteiger partial charge in [-0.2, -0.15) is 4.31 Å². The molecule has 0 aliphatic carbocycles. The lowest BCUT2D eigenvalue weighted by atomic mass is 10.3. The smallest absolute Gasteiger partial charge is 0.243 e. The zero-order chi connectivity index (χ0) is 13.9. The second-order valence-electron chi connectivity index (χ2n) is 4.15. The van der Waals surface area contributed by atoms with Crippen molar-refractivity contribution in [2.45, 2.75) is 10.9 Å². The van der Waals surface area contributed by atoms with Crippen molar-refractivity contribution < 1.29 is 18.3 Å². The predicted molar refractivity (Wildman–Crippen MR) is 69.4 cm³/mol. The van der Waals surface area contributed by atoms with Gasteiger partial charge in [0.1, 0.15) is 5.82 Å². The van der Waals surface area contributed by atoms with Crippen LogP contribution in [0.1, 0.15) is 0 Å². The van der Waals surface area contributed by atoms with Crippen LogP contribution < -0.4 is 5.32 Å². The molecule has 1 saturated heterocycles. The van der Waals surface area contributed by atoms with E-state index in [1.807, 2.05) is 0 Å². The fourth-order valence-electron chi connectivity index (χ4n) is 1.94. The van der Waals surface area contributed by atoms with E-state index in [1.165, 1.54) is 22.6 Å². The first kappa shape index (κ1) is 14.2. The summed E-state index contributed by atoms with van der Waals surface area (Å²) in [6.45, 7) is 0.521. The van der Waals surface area contributed by atoms with Gasteiger partial charge in [0.2, 0.25) is 10.0 Å². The molecule has 1 aromatic heterocycles. The summed E-state index contributed by atoms with van der Waals surface area (Å²) in [5, 5.41) is 12.1. The standard InChI is InChI=1S/C11H17N3O4S/c1-12-11-6-10(2-3-13-11)19(16,17)14-4-5-18-8-9(14)7-15/h2-3,6,9,15H,4-5,7-8H2,1H3,(H,12,13). The van der Waals surface area contributed by atoms with Crippen LogP contribution in [0.25, 0.3) is 0 Å². The Morgan fingerprint density at radius 2 is 2.42 bits per heavy atom. The molecular formula is C11H17N3O4S. The number of aliphatic hydroxyl groups excluding tert-OH is 1. The molecule has 0 saturated carbocycles. The van der Waals surface area contributed by atoms with Crippen LogP contribution in [0.4, 0.5) is 5.82 Å². The molecule has 0 aromatic carbocycles. The minimum atomic E-state index is -3.64. The molecule has 2 heterocycles. The van der Waals surface area contributed by atoms with Crippen LogP contribution in [0.3, 0.4) is 0 Å². The number of pyridine rings is 1. The van der Waals surface area contributed by atoms with Gasteiger partial charge in [0.25, 0.3) is 0 Å². The maximum absolute atomic E-state index is 12.5. The fraction of sp³-hybridized carbons (Fsp3) is 0.545. The third-order valence-electron chi connectivity index (χ3n) is 2.98. The molecule has 1 unspecified atom stereocenters. The highest BCUT2D eigenvalue weighted by atomic mass is 32.2. The number of nitrogens with zero attached hydrogens (tertiary/aromatic N) is 2. The van der Waals surface area contributed by atoms with Crippen molar-refractivity contribution in [2.75, 3.05) is 38.7 Å². The zero-order valence-electron chi connectivity index (χ0n) is 10.6. The van der Waals surface area contributed by atoms with Gasteiger partial charge in [-0.25, -0.2) is 13.4 Å². The molecule has 0 amide bonds. The highest BCUT2D eigenvalue weighted by Crippen LogP contribution is 2.21. The molecule has 19 heavy (non-hydrogen) atoms. The van der Waals surface area contributed by atoms with E-state index in [9.17, 15) is 13.5 Å². The zero-order valence-corrected chi connectivity index (χ0v) is 11.4. The van der Waals surface area contributed by atoms with E-state index >= 15 is 0 Å². The Morgan fingerprint density at radius 3 is 3.11 bits per heavy atom. The first-order valence-electron chi connectivity index (χ1n) is 5.94. The molecule has 8 heteroatoms. The van der Waals surface area contributed by atoms with Crippen molar-refractivity contribution in [2.24, 2.45) is 0 Å². The molecular weight excluding hydrogens is 270 g/mol. The molecule has 1 aromatic rings. The average Bonchev–Trinajstić information content (AvgIpc) is 2.47. The van der Waals surface area contributed by atoms with E-state index in [4.69, 9.17) is 4.74 Å². The Bertz CT molecular complexity index is 534. The summed E-state index contributed by atoms with van der Waals surface area (Å²) in [4.78, 5) is 4.15. The number of anilines is 1. The molecule has 1 atom stereocenters. The highest BCUT2D eigenvalue weighted by molar-refractivity contribution is 7.89. The maximum Gasteiger partial charge on any atom is 0.243 e. The maximum atomic E-state index is 12.5. The molecule has 1 aliphatic heterocycles. The number of morpholine rings is 1. The van der Waals surface area contributed by atoms with Crippen LogP contribution in [-0.4, -0.2) is 62.3 Å². The molecule has 0 radical (unpaired) electrons. The molecule has 1 fully saturated rings. The van der Waals surface area contributed by atoms with E-state index in [0.29, 0.717) is 12.4 Å². The molecule has 1 aliphatic rings. The fourth-order valence-corrected chi connectivity index (χ4v) is 3.54. The van der Waals surface area contributed by atoms with Crippen LogP contribution in [0, 0.1) is 0 Å². The van der Waals surface area contributed by atoms with Gasteiger partial charge in [-0.05, 0) is 6.07 Å². The van der Waals surface area contributed by atoms with Crippen LogP contribution in [0.5, 0.6) is 0 Å². The minimum absolute atomic E-state index is 0.159. The SMILES string of the molecule is CNc1cc(S(=O)(=O)N2CCOCC2CO)ccn1. The number of hydrogen-bond donors (Lipinski definition) is 2. The van der Waals surface area contributed by atoms with Crippen LogP contribution in [-0.2, 0) is 14.8 Å². The Morgan fingerprint density at radius 1 is 1.63 bits per heavy atom. The number of nitrogens with one attached hydrogen (secondary N) is 1. The first-order valence-corrected chi connectivity index (χ1v) is 7.38. The monoisotopic (exact) mass is 287 g/mol. The van der Waals surface area contributed by atoms with Gasteiger partial charge < -0.3 is 15.2 Å². The number of ether oxygens (including phenoxy) is 1. The van der Waals surface area contributed by atoms with Crippen molar-refractivity contribution in [3.05, 3.63) is 18.3 Å². The van der Waals surface area contributed by atoms with Crippen molar-refractivity contribution in [1.82, 2.24) is 9.29 Å².